The largest absolute Gasteiger partial charge is 0.497 e. The fourth-order valence-electron chi connectivity index (χ4n) is 2.46. The molecule has 0 saturated carbocycles. The van der Waals surface area contributed by atoms with Crippen LogP contribution in [0.25, 0.3) is 11.4 Å². The maximum Gasteiger partial charge on any atom is 0.145 e. The first kappa shape index (κ1) is 13.5. The average molecular weight is 338 g/mol. The fourth-order valence-corrected chi connectivity index (χ4v) is 2.98. The second kappa shape index (κ2) is 5.46. The Kier molecular flexibility index (Phi) is 3.67. The van der Waals surface area contributed by atoms with E-state index in [2.05, 4.69) is 30.8 Å². The van der Waals surface area contributed by atoms with Gasteiger partial charge in [0.25, 0.3) is 0 Å². The van der Waals surface area contributed by atoms with Crippen LogP contribution >= 0.6 is 15.9 Å². The number of hydrogen-bond acceptors (Lipinski definition) is 4. The summed E-state index contributed by atoms with van der Waals surface area (Å²) < 4.78 is 13.9. The summed E-state index contributed by atoms with van der Waals surface area (Å²) >= 11 is 3.54. The first-order valence-electron chi connectivity index (χ1n) is 6.42. The van der Waals surface area contributed by atoms with Crippen LogP contribution in [0.3, 0.4) is 0 Å². The standard InChI is InChI=1S/C14H16BrN3O2/c1-19-9-3-4-12(20-2)10(7-9)14-17-13(15)11-8-16-5-6-18(11)14/h3-4,7,16H,5-6,8H2,1-2H3. The van der Waals surface area contributed by atoms with E-state index in [9.17, 15) is 0 Å². The number of nitrogens with zero attached hydrogens (tertiary/aromatic N) is 2. The Morgan fingerprint density at radius 1 is 1.30 bits per heavy atom. The molecule has 3 rings (SSSR count). The molecule has 5 nitrogen and oxygen atoms in total. The first-order valence-corrected chi connectivity index (χ1v) is 7.22. The molecule has 1 aromatic heterocycles. The minimum Gasteiger partial charge on any atom is -0.497 e. The van der Waals surface area contributed by atoms with Crippen LogP contribution in [0.1, 0.15) is 5.69 Å². The topological polar surface area (TPSA) is 48.3 Å². The molecule has 106 valence electrons. The highest BCUT2D eigenvalue weighted by atomic mass is 79.9. The monoisotopic (exact) mass is 337 g/mol. The van der Waals surface area contributed by atoms with Crippen molar-refractivity contribution >= 4 is 15.9 Å². The van der Waals surface area contributed by atoms with Crippen molar-refractivity contribution < 1.29 is 9.47 Å². The molecule has 0 amide bonds. The highest BCUT2D eigenvalue weighted by Crippen LogP contribution is 2.35. The van der Waals surface area contributed by atoms with Gasteiger partial charge in [0.2, 0.25) is 0 Å². The van der Waals surface area contributed by atoms with Gasteiger partial charge in [0.05, 0.1) is 25.5 Å². The quantitative estimate of drug-likeness (QED) is 0.934. The predicted octanol–water partition coefficient (Wildman–Crippen LogP) is 2.43. The Hall–Kier alpha value is -1.53. The van der Waals surface area contributed by atoms with E-state index in [-0.39, 0.29) is 0 Å². The van der Waals surface area contributed by atoms with E-state index in [1.165, 1.54) is 0 Å². The molecule has 1 N–H and O–H groups in total. The Morgan fingerprint density at radius 2 is 2.15 bits per heavy atom. The van der Waals surface area contributed by atoms with Crippen LogP contribution in [-0.2, 0) is 13.1 Å². The molecule has 6 heteroatoms. The fraction of sp³-hybridized carbons (Fsp3) is 0.357. The third-order valence-corrected chi connectivity index (χ3v) is 4.11. The number of benzene rings is 1. The van der Waals surface area contributed by atoms with E-state index in [0.717, 1.165) is 52.8 Å². The number of ether oxygens (including phenoxy) is 2. The predicted molar refractivity (Wildman–Crippen MR) is 80.2 cm³/mol. The van der Waals surface area contributed by atoms with Crippen LogP contribution in [0.15, 0.2) is 22.8 Å². The van der Waals surface area contributed by atoms with Crippen LogP contribution in [0, 0.1) is 0 Å². The number of imidazole rings is 1. The van der Waals surface area contributed by atoms with Gasteiger partial charge >= 0.3 is 0 Å². The van der Waals surface area contributed by atoms with Gasteiger partial charge < -0.3 is 19.4 Å². The summed E-state index contributed by atoms with van der Waals surface area (Å²) in [6.07, 6.45) is 0. The molecular formula is C14H16BrN3O2. The number of halogens is 1. The highest BCUT2D eigenvalue weighted by molar-refractivity contribution is 9.10. The van der Waals surface area contributed by atoms with Gasteiger partial charge in [-0.05, 0) is 34.1 Å². The normalized spacial score (nSPS) is 13.9. The third-order valence-electron chi connectivity index (χ3n) is 3.48. The third kappa shape index (κ3) is 2.19. The van der Waals surface area contributed by atoms with Crippen molar-refractivity contribution in [1.29, 1.82) is 0 Å². The smallest absolute Gasteiger partial charge is 0.145 e. The molecule has 0 unspecified atom stereocenters. The van der Waals surface area contributed by atoms with Gasteiger partial charge in [-0.25, -0.2) is 4.98 Å². The Bertz CT molecular complexity index is 640. The van der Waals surface area contributed by atoms with E-state index < -0.39 is 0 Å². The molecule has 0 bridgehead atoms. The zero-order valence-corrected chi connectivity index (χ0v) is 13.0. The molecule has 2 aromatic rings. The van der Waals surface area contributed by atoms with Gasteiger partial charge in [-0.3, -0.25) is 0 Å². The summed E-state index contributed by atoms with van der Waals surface area (Å²) in [6, 6.07) is 5.76. The minimum atomic E-state index is 0.795. The van der Waals surface area contributed by atoms with Gasteiger partial charge in [0.1, 0.15) is 21.9 Å². The molecule has 0 saturated heterocycles. The zero-order valence-electron chi connectivity index (χ0n) is 11.4. The Labute approximate surface area is 126 Å². The van der Waals surface area contributed by atoms with Crippen molar-refractivity contribution in [1.82, 2.24) is 14.9 Å². The van der Waals surface area contributed by atoms with Crippen LogP contribution in [0.2, 0.25) is 0 Å². The number of methoxy groups -OCH3 is 2. The molecule has 0 fully saturated rings. The lowest BCUT2D eigenvalue weighted by Crippen LogP contribution is -2.28. The summed E-state index contributed by atoms with van der Waals surface area (Å²) in [4.78, 5) is 4.65. The van der Waals surface area contributed by atoms with Crippen LogP contribution in [0.4, 0.5) is 0 Å². The average Bonchev–Trinajstić information content (AvgIpc) is 2.84. The SMILES string of the molecule is COc1ccc(OC)c(-c2nc(Br)c3n2CCNC3)c1. The van der Waals surface area contributed by atoms with Gasteiger partial charge in [0, 0.05) is 19.6 Å². The van der Waals surface area contributed by atoms with E-state index in [1.807, 2.05) is 18.2 Å². The molecule has 20 heavy (non-hydrogen) atoms. The summed E-state index contributed by atoms with van der Waals surface area (Å²) in [7, 11) is 3.33. The minimum absolute atomic E-state index is 0.795. The lowest BCUT2D eigenvalue weighted by Gasteiger charge is -2.19. The molecule has 2 heterocycles. The van der Waals surface area contributed by atoms with Gasteiger partial charge in [0.15, 0.2) is 0 Å². The van der Waals surface area contributed by atoms with Gasteiger partial charge in [-0.1, -0.05) is 0 Å². The van der Waals surface area contributed by atoms with Gasteiger partial charge in [-0.2, -0.15) is 0 Å². The first-order chi connectivity index (χ1) is 9.74. The van der Waals surface area contributed by atoms with Crippen molar-refractivity contribution in [2.75, 3.05) is 20.8 Å². The number of fused-ring (bicyclic) bond motifs is 1. The second-order valence-electron chi connectivity index (χ2n) is 4.57. The molecule has 1 aromatic carbocycles. The Morgan fingerprint density at radius 3 is 2.90 bits per heavy atom. The van der Waals surface area contributed by atoms with E-state index in [1.54, 1.807) is 14.2 Å². The van der Waals surface area contributed by atoms with E-state index >= 15 is 0 Å². The maximum absolute atomic E-state index is 5.46. The number of rotatable bonds is 3. The lowest BCUT2D eigenvalue weighted by atomic mass is 10.1. The molecule has 0 spiro atoms. The molecular weight excluding hydrogens is 322 g/mol. The molecule has 1 aliphatic heterocycles. The van der Waals surface area contributed by atoms with Crippen LogP contribution < -0.4 is 14.8 Å². The van der Waals surface area contributed by atoms with Crippen LogP contribution in [-0.4, -0.2) is 30.3 Å². The second-order valence-corrected chi connectivity index (χ2v) is 5.32. The van der Waals surface area contributed by atoms with Crippen molar-refractivity contribution in [3.63, 3.8) is 0 Å². The van der Waals surface area contributed by atoms with E-state index in [0.29, 0.717) is 0 Å². The van der Waals surface area contributed by atoms with Gasteiger partial charge in [-0.15, -0.1) is 0 Å². The van der Waals surface area contributed by atoms with Crippen molar-refractivity contribution in [2.24, 2.45) is 0 Å². The van der Waals surface area contributed by atoms with Crippen molar-refractivity contribution in [2.45, 2.75) is 13.1 Å². The van der Waals surface area contributed by atoms with Crippen molar-refractivity contribution in [3.8, 4) is 22.9 Å². The van der Waals surface area contributed by atoms with Crippen molar-refractivity contribution in [3.05, 3.63) is 28.5 Å². The summed E-state index contributed by atoms with van der Waals surface area (Å²) in [5.74, 6) is 2.50. The van der Waals surface area contributed by atoms with Crippen LogP contribution in [0.5, 0.6) is 11.5 Å². The molecule has 0 radical (unpaired) electrons. The summed E-state index contributed by atoms with van der Waals surface area (Å²) in [5, 5.41) is 3.35. The maximum atomic E-state index is 5.46. The molecule has 0 aliphatic carbocycles. The number of aromatic nitrogens is 2. The Balaban J connectivity index is 2.17. The summed E-state index contributed by atoms with van der Waals surface area (Å²) in [5.41, 5.74) is 2.11. The molecule has 0 atom stereocenters. The summed E-state index contributed by atoms with van der Waals surface area (Å²) in [6.45, 7) is 2.65. The lowest BCUT2D eigenvalue weighted by molar-refractivity contribution is 0.403. The zero-order chi connectivity index (χ0) is 14.1. The number of hydrogen-bond donors (Lipinski definition) is 1. The number of nitrogens with one attached hydrogen (secondary N) is 1. The van der Waals surface area contributed by atoms with E-state index in [4.69, 9.17) is 9.47 Å². The highest BCUT2D eigenvalue weighted by Gasteiger charge is 2.21. The molecule has 1 aliphatic rings.